The van der Waals surface area contributed by atoms with Gasteiger partial charge in [0.1, 0.15) is 23.4 Å². The molecule has 0 spiro atoms. The molecule has 4 nitrogen and oxygen atoms in total. The second-order valence-corrected chi connectivity index (χ2v) is 7.24. The summed E-state index contributed by atoms with van der Waals surface area (Å²) in [6.45, 7) is 3.89. The molecule has 1 heterocycles. The number of rotatable bonds is 4. The third kappa shape index (κ3) is 3.28. The van der Waals surface area contributed by atoms with E-state index in [1.54, 1.807) is 19.2 Å². The SMILES string of the molecule is CNC(=O)c1c(-c2ccc(F)cc2)oc2ccc(-c3cc(C=O)c(C)cc3C)cc12. The van der Waals surface area contributed by atoms with E-state index in [4.69, 9.17) is 4.42 Å². The zero-order valence-electron chi connectivity index (χ0n) is 16.9. The number of aldehydes is 1. The van der Waals surface area contributed by atoms with Crippen LogP contribution in [0.1, 0.15) is 31.8 Å². The first kappa shape index (κ1) is 19.6. The quantitative estimate of drug-likeness (QED) is 0.447. The van der Waals surface area contributed by atoms with Gasteiger partial charge in [-0.05, 0) is 78.6 Å². The lowest BCUT2D eigenvalue weighted by Crippen LogP contribution is -2.18. The summed E-state index contributed by atoms with van der Waals surface area (Å²) in [4.78, 5) is 24.1. The van der Waals surface area contributed by atoms with E-state index in [-0.39, 0.29) is 11.7 Å². The molecule has 4 rings (SSSR count). The predicted octanol–water partition coefficient (Wildman–Crippen LogP) is 5.69. The summed E-state index contributed by atoms with van der Waals surface area (Å²) in [6, 6.07) is 15.3. The van der Waals surface area contributed by atoms with Gasteiger partial charge in [-0.1, -0.05) is 12.1 Å². The molecule has 0 aliphatic rings. The molecule has 0 atom stereocenters. The first-order valence-corrected chi connectivity index (χ1v) is 9.54. The Morgan fingerprint density at radius 2 is 1.67 bits per heavy atom. The van der Waals surface area contributed by atoms with Gasteiger partial charge in [0.05, 0.1) is 5.56 Å². The topological polar surface area (TPSA) is 59.3 Å². The molecule has 0 aliphatic heterocycles. The standard InChI is InChI=1S/C25H20FNO3/c1-14-10-15(2)20(12-18(14)13-28)17-6-9-22-21(11-17)23(25(29)27-3)24(30-22)16-4-7-19(26)8-5-16/h4-13H,1-3H3,(H,27,29). The van der Waals surface area contributed by atoms with Gasteiger partial charge in [-0.2, -0.15) is 0 Å². The lowest BCUT2D eigenvalue weighted by Gasteiger charge is -2.10. The Balaban J connectivity index is 1.96. The lowest BCUT2D eigenvalue weighted by molar-refractivity contribution is 0.0964. The van der Waals surface area contributed by atoms with E-state index >= 15 is 0 Å². The lowest BCUT2D eigenvalue weighted by atomic mass is 9.94. The third-order valence-corrected chi connectivity index (χ3v) is 5.30. The van der Waals surface area contributed by atoms with Gasteiger partial charge in [0.15, 0.2) is 0 Å². The van der Waals surface area contributed by atoms with Crippen LogP contribution in [0.4, 0.5) is 4.39 Å². The fourth-order valence-electron chi connectivity index (χ4n) is 3.73. The van der Waals surface area contributed by atoms with Crippen molar-refractivity contribution in [2.24, 2.45) is 0 Å². The van der Waals surface area contributed by atoms with Crippen LogP contribution in [0, 0.1) is 19.7 Å². The van der Waals surface area contributed by atoms with Crippen LogP contribution in [0.5, 0.6) is 0 Å². The second kappa shape index (κ2) is 7.59. The molecule has 4 aromatic rings. The monoisotopic (exact) mass is 401 g/mol. The maximum Gasteiger partial charge on any atom is 0.255 e. The van der Waals surface area contributed by atoms with Gasteiger partial charge in [0.25, 0.3) is 5.91 Å². The first-order chi connectivity index (χ1) is 14.4. The molecule has 0 radical (unpaired) electrons. The van der Waals surface area contributed by atoms with Crippen LogP contribution in [-0.4, -0.2) is 19.2 Å². The smallest absolute Gasteiger partial charge is 0.255 e. The van der Waals surface area contributed by atoms with Crippen molar-refractivity contribution in [1.82, 2.24) is 5.32 Å². The number of nitrogens with one attached hydrogen (secondary N) is 1. The molecule has 0 aliphatic carbocycles. The predicted molar refractivity (Wildman–Crippen MR) is 115 cm³/mol. The van der Waals surface area contributed by atoms with Crippen LogP contribution >= 0.6 is 0 Å². The highest BCUT2D eigenvalue weighted by Crippen LogP contribution is 2.37. The van der Waals surface area contributed by atoms with Crippen molar-refractivity contribution >= 4 is 23.2 Å². The Hall–Kier alpha value is -3.73. The van der Waals surface area contributed by atoms with Crippen molar-refractivity contribution < 1.29 is 18.4 Å². The summed E-state index contributed by atoms with van der Waals surface area (Å²) in [5.41, 5.74) is 5.92. The van der Waals surface area contributed by atoms with E-state index in [2.05, 4.69) is 5.32 Å². The minimum atomic E-state index is -0.362. The number of carbonyl (C=O) groups is 2. The normalized spacial score (nSPS) is 10.9. The molecule has 150 valence electrons. The van der Waals surface area contributed by atoms with Crippen LogP contribution in [0.3, 0.4) is 0 Å². The van der Waals surface area contributed by atoms with Crippen LogP contribution in [0.25, 0.3) is 33.4 Å². The van der Waals surface area contributed by atoms with Gasteiger partial charge in [0, 0.05) is 23.6 Å². The summed E-state index contributed by atoms with van der Waals surface area (Å²) in [5, 5.41) is 3.31. The number of aryl methyl sites for hydroxylation is 2. The van der Waals surface area contributed by atoms with Gasteiger partial charge in [-0.15, -0.1) is 0 Å². The van der Waals surface area contributed by atoms with E-state index in [1.807, 2.05) is 44.2 Å². The van der Waals surface area contributed by atoms with Gasteiger partial charge in [0.2, 0.25) is 0 Å². The van der Waals surface area contributed by atoms with Crippen molar-refractivity contribution in [3.8, 4) is 22.5 Å². The number of halogens is 1. The summed E-state index contributed by atoms with van der Waals surface area (Å²) >= 11 is 0. The Morgan fingerprint density at radius 3 is 2.33 bits per heavy atom. The van der Waals surface area contributed by atoms with Gasteiger partial charge < -0.3 is 9.73 Å². The van der Waals surface area contributed by atoms with Gasteiger partial charge in [-0.25, -0.2) is 4.39 Å². The molecule has 1 N–H and O–H groups in total. The molecule has 0 unspecified atom stereocenters. The number of carbonyl (C=O) groups excluding carboxylic acids is 2. The number of furan rings is 1. The van der Waals surface area contributed by atoms with E-state index in [9.17, 15) is 14.0 Å². The largest absolute Gasteiger partial charge is 0.455 e. The maximum atomic E-state index is 13.4. The zero-order valence-corrected chi connectivity index (χ0v) is 16.9. The van der Waals surface area contributed by atoms with Crippen LogP contribution in [0.2, 0.25) is 0 Å². The van der Waals surface area contributed by atoms with Crippen molar-refractivity contribution in [1.29, 1.82) is 0 Å². The Bertz CT molecular complexity index is 1290. The maximum absolute atomic E-state index is 13.4. The highest BCUT2D eigenvalue weighted by Gasteiger charge is 2.22. The highest BCUT2D eigenvalue weighted by molar-refractivity contribution is 6.11. The van der Waals surface area contributed by atoms with Gasteiger partial charge in [-0.3, -0.25) is 9.59 Å². The van der Waals surface area contributed by atoms with E-state index < -0.39 is 0 Å². The second-order valence-electron chi connectivity index (χ2n) is 7.24. The third-order valence-electron chi connectivity index (χ3n) is 5.30. The first-order valence-electron chi connectivity index (χ1n) is 9.54. The molecule has 1 aromatic heterocycles. The number of benzene rings is 3. The number of amides is 1. The molecule has 3 aromatic carbocycles. The van der Waals surface area contributed by atoms with E-state index in [0.29, 0.717) is 33.4 Å². The fourth-order valence-corrected chi connectivity index (χ4v) is 3.73. The minimum absolute atomic E-state index is 0.292. The van der Waals surface area contributed by atoms with E-state index in [0.717, 1.165) is 28.5 Å². The molecule has 0 bridgehead atoms. The molecule has 5 heteroatoms. The molecule has 30 heavy (non-hydrogen) atoms. The fraction of sp³-hybridized carbons (Fsp3) is 0.120. The molecule has 1 amide bonds. The highest BCUT2D eigenvalue weighted by atomic mass is 19.1. The summed E-state index contributed by atoms with van der Waals surface area (Å²) in [7, 11) is 1.56. The molecular weight excluding hydrogens is 381 g/mol. The van der Waals surface area contributed by atoms with Crippen molar-refractivity contribution in [3.05, 3.63) is 82.7 Å². The number of hydrogen-bond donors (Lipinski definition) is 1. The van der Waals surface area contributed by atoms with Crippen molar-refractivity contribution in [2.75, 3.05) is 7.05 Å². The average molecular weight is 401 g/mol. The van der Waals surface area contributed by atoms with Crippen molar-refractivity contribution in [2.45, 2.75) is 13.8 Å². The van der Waals surface area contributed by atoms with Crippen molar-refractivity contribution in [3.63, 3.8) is 0 Å². The van der Waals surface area contributed by atoms with E-state index in [1.165, 1.54) is 12.1 Å². The minimum Gasteiger partial charge on any atom is -0.455 e. The Kier molecular flexibility index (Phi) is 4.96. The van der Waals surface area contributed by atoms with Crippen LogP contribution in [0.15, 0.2) is 59.0 Å². The van der Waals surface area contributed by atoms with Crippen LogP contribution < -0.4 is 5.32 Å². The number of fused-ring (bicyclic) bond motifs is 1. The Labute approximate surface area is 173 Å². The zero-order chi connectivity index (χ0) is 21.4. The molecular formula is C25H20FNO3. The summed E-state index contributed by atoms with van der Waals surface area (Å²) in [5.74, 6) is -0.269. The molecule has 0 saturated carbocycles. The van der Waals surface area contributed by atoms with Crippen LogP contribution in [-0.2, 0) is 0 Å². The Morgan fingerprint density at radius 1 is 0.967 bits per heavy atom. The average Bonchev–Trinajstić information content (AvgIpc) is 3.12. The molecule has 0 fully saturated rings. The molecule has 0 saturated heterocycles. The number of hydrogen-bond acceptors (Lipinski definition) is 3. The van der Waals surface area contributed by atoms with Gasteiger partial charge >= 0.3 is 0 Å². The summed E-state index contributed by atoms with van der Waals surface area (Å²) < 4.78 is 19.4. The summed E-state index contributed by atoms with van der Waals surface area (Å²) in [6.07, 6.45) is 0.844.